The normalized spacial score (nSPS) is 7.60. The van der Waals surface area contributed by atoms with Crippen LogP contribution in [0.1, 0.15) is 29.5 Å². The van der Waals surface area contributed by atoms with Gasteiger partial charge in [0.25, 0.3) is 0 Å². The maximum Gasteiger partial charge on any atom is 0.219 e. The van der Waals surface area contributed by atoms with Crippen LogP contribution in [0.5, 0.6) is 0 Å². The Balaban J connectivity index is -0.0000000740. The zero-order valence-corrected chi connectivity index (χ0v) is 7.11. The van der Waals surface area contributed by atoms with Crippen LogP contribution in [0, 0.1) is 0 Å². The summed E-state index contributed by atoms with van der Waals surface area (Å²) in [6, 6.07) is 0. The average Bonchev–Trinajstić information content (AvgIpc) is 2.04. The lowest BCUT2D eigenvalue weighted by Crippen LogP contribution is -2.18. The monoisotopic (exact) mass is 150 g/mol. The molecule has 3 heteroatoms. The summed E-state index contributed by atoms with van der Waals surface area (Å²) in [6.45, 7) is 4.59. The third-order valence-electron chi connectivity index (χ3n) is 0.887. The number of rotatable bonds is 3. The van der Waals surface area contributed by atoms with Crippen LogP contribution in [0.25, 0.3) is 0 Å². The smallest absolute Gasteiger partial charge is 0.219 e. The Bertz CT molecular complexity index is 81.8. The number of nitrogens with one attached hydrogen (secondary N) is 1. The summed E-state index contributed by atoms with van der Waals surface area (Å²) in [7, 11) is 1.62. The van der Waals surface area contributed by atoms with E-state index in [1.54, 1.807) is 7.05 Å². The van der Waals surface area contributed by atoms with Crippen LogP contribution in [-0.4, -0.2) is 19.5 Å². The topological polar surface area (TPSA) is 55.1 Å². The summed E-state index contributed by atoms with van der Waals surface area (Å²) in [5.41, 5.74) is 5.15. The van der Waals surface area contributed by atoms with Gasteiger partial charge in [0.2, 0.25) is 5.91 Å². The quantitative estimate of drug-likeness (QED) is 0.630. The van der Waals surface area contributed by atoms with Gasteiger partial charge in [0.15, 0.2) is 0 Å². The molecular formula is C7H22N2O. The first kappa shape index (κ1) is 12.1. The van der Waals surface area contributed by atoms with E-state index in [9.17, 15) is 4.79 Å². The Hall–Kier alpha value is -0.570. The van der Waals surface area contributed by atoms with Gasteiger partial charge in [-0.05, 0) is 13.0 Å². The van der Waals surface area contributed by atoms with Crippen molar-refractivity contribution >= 4 is 5.91 Å². The molecule has 10 heavy (non-hydrogen) atoms. The minimum absolute atomic E-state index is 0. The summed E-state index contributed by atoms with van der Waals surface area (Å²) in [4.78, 5) is 10.4. The minimum atomic E-state index is 0. The molecule has 0 aromatic heterocycles. The SMILES string of the molecule is CC.CNC(=O)CCCN.[HH].[HH]. The van der Waals surface area contributed by atoms with Gasteiger partial charge in [0, 0.05) is 16.3 Å². The molecule has 0 rings (SSSR count). The number of carbonyl (C=O) groups excluding carboxylic acids is 1. The molecule has 0 radical (unpaired) electrons. The van der Waals surface area contributed by atoms with E-state index in [2.05, 4.69) is 5.32 Å². The summed E-state index contributed by atoms with van der Waals surface area (Å²) in [6.07, 6.45) is 1.33. The molecule has 0 heterocycles. The molecule has 0 spiro atoms. The molecule has 1 amide bonds. The van der Waals surface area contributed by atoms with Gasteiger partial charge in [0.05, 0.1) is 0 Å². The van der Waals surface area contributed by atoms with E-state index in [4.69, 9.17) is 5.73 Å². The van der Waals surface area contributed by atoms with Crippen LogP contribution < -0.4 is 11.1 Å². The van der Waals surface area contributed by atoms with Crippen molar-refractivity contribution in [2.24, 2.45) is 5.73 Å². The van der Waals surface area contributed by atoms with E-state index in [-0.39, 0.29) is 8.76 Å². The van der Waals surface area contributed by atoms with Crippen LogP contribution >= 0.6 is 0 Å². The van der Waals surface area contributed by atoms with Gasteiger partial charge in [0.1, 0.15) is 0 Å². The highest BCUT2D eigenvalue weighted by Crippen LogP contribution is 1.82. The van der Waals surface area contributed by atoms with Gasteiger partial charge in [-0.15, -0.1) is 0 Å². The molecular weight excluding hydrogens is 128 g/mol. The highest BCUT2D eigenvalue weighted by molar-refractivity contribution is 5.75. The predicted octanol–water partition coefficient (Wildman–Crippen LogP) is 0.990. The Labute approximate surface area is 66.0 Å². The minimum Gasteiger partial charge on any atom is -0.359 e. The van der Waals surface area contributed by atoms with Crippen molar-refractivity contribution < 1.29 is 7.65 Å². The number of nitrogens with two attached hydrogens (primary N) is 1. The molecule has 0 aliphatic carbocycles. The standard InChI is InChI=1S/C5H12N2O.C2H6.2H2/c1-7-5(8)3-2-4-6;1-2;;/h2-4,6H2,1H3,(H,7,8);1-2H3;2*1H. The van der Waals surface area contributed by atoms with Gasteiger partial charge in [-0.3, -0.25) is 4.79 Å². The molecule has 0 aromatic carbocycles. The van der Waals surface area contributed by atoms with E-state index in [0.29, 0.717) is 13.0 Å². The fourth-order valence-electron chi connectivity index (χ4n) is 0.388. The van der Waals surface area contributed by atoms with Gasteiger partial charge < -0.3 is 11.1 Å². The Kier molecular flexibility index (Phi) is 13.7. The second kappa shape index (κ2) is 11.3. The van der Waals surface area contributed by atoms with Crippen molar-refractivity contribution in [3.05, 3.63) is 0 Å². The zero-order chi connectivity index (χ0) is 8.41. The van der Waals surface area contributed by atoms with Gasteiger partial charge >= 0.3 is 0 Å². The molecule has 66 valence electrons. The molecule has 0 bridgehead atoms. The molecule has 0 fully saturated rings. The molecule has 0 aromatic rings. The molecule has 3 N–H and O–H groups in total. The van der Waals surface area contributed by atoms with Crippen LogP contribution in [-0.2, 0) is 4.79 Å². The third kappa shape index (κ3) is 10.4. The van der Waals surface area contributed by atoms with Crippen molar-refractivity contribution in [3.63, 3.8) is 0 Å². The van der Waals surface area contributed by atoms with Crippen molar-refractivity contribution in [3.8, 4) is 0 Å². The third-order valence-corrected chi connectivity index (χ3v) is 0.887. The number of carbonyl (C=O) groups is 1. The van der Waals surface area contributed by atoms with Crippen molar-refractivity contribution in [1.82, 2.24) is 5.32 Å². The first-order valence-electron chi connectivity index (χ1n) is 3.72. The van der Waals surface area contributed by atoms with E-state index < -0.39 is 0 Å². The van der Waals surface area contributed by atoms with Gasteiger partial charge in [-0.2, -0.15) is 0 Å². The van der Waals surface area contributed by atoms with Crippen LogP contribution in [0.15, 0.2) is 0 Å². The first-order valence-corrected chi connectivity index (χ1v) is 3.72. The molecule has 0 aliphatic heterocycles. The fourth-order valence-corrected chi connectivity index (χ4v) is 0.388. The van der Waals surface area contributed by atoms with Crippen molar-refractivity contribution in [2.75, 3.05) is 13.6 Å². The summed E-state index contributed by atoms with van der Waals surface area (Å²) in [5, 5.41) is 2.51. The van der Waals surface area contributed by atoms with E-state index >= 15 is 0 Å². The molecule has 3 nitrogen and oxygen atoms in total. The Morgan fingerprint density at radius 1 is 1.60 bits per heavy atom. The molecule has 0 unspecified atom stereocenters. The van der Waals surface area contributed by atoms with Crippen molar-refractivity contribution in [2.45, 2.75) is 26.7 Å². The summed E-state index contributed by atoms with van der Waals surface area (Å²) in [5.74, 6) is 0.0652. The second-order valence-corrected chi connectivity index (χ2v) is 1.57. The Morgan fingerprint density at radius 3 is 2.40 bits per heavy atom. The average molecular weight is 150 g/mol. The van der Waals surface area contributed by atoms with Gasteiger partial charge in [-0.1, -0.05) is 13.8 Å². The second-order valence-electron chi connectivity index (χ2n) is 1.57. The lowest BCUT2D eigenvalue weighted by Gasteiger charge is -1.94. The lowest BCUT2D eigenvalue weighted by atomic mass is 10.3. The molecule has 0 saturated heterocycles. The first-order chi connectivity index (χ1) is 4.81. The predicted molar refractivity (Wildman–Crippen MR) is 47.9 cm³/mol. The largest absolute Gasteiger partial charge is 0.359 e. The van der Waals surface area contributed by atoms with E-state index in [1.165, 1.54) is 0 Å². The number of hydrogen-bond acceptors (Lipinski definition) is 2. The lowest BCUT2D eigenvalue weighted by molar-refractivity contribution is -0.120. The van der Waals surface area contributed by atoms with E-state index in [0.717, 1.165) is 6.42 Å². The Morgan fingerprint density at radius 2 is 2.10 bits per heavy atom. The summed E-state index contributed by atoms with van der Waals surface area (Å²) < 4.78 is 0. The molecule has 0 saturated carbocycles. The fraction of sp³-hybridized carbons (Fsp3) is 0.857. The van der Waals surface area contributed by atoms with Gasteiger partial charge in [-0.25, -0.2) is 0 Å². The van der Waals surface area contributed by atoms with Crippen LogP contribution in [0.3, 0.4) is 0 Å². The summed E-state index contributed by atoms with van der Waals surface area (Å²) >= 11 is 0. The van der Waals surface area contributed by atoms with Crippen LogP contribution in [0.4, 0.5) is 0 Å². The maximum absolute atomic E-state index is 10.4. The maximum atomic E-state index is 10.4. The molecule has 0 atom stereocenters. The van der Waals surface area contributed by atoms with Crippen molar-refractivity contribution in [1.29, 1.82) is 0 Å². The van der Waals surface area contributed by atoms with E-state index in [1.807, 2.05) is 13.8 Å². The highest BCUT2D eigenvalue weighted by atomic mass is 16.1. The molecule has 0 aliphatic rings. The van der Waals surface area contributed by atoms with Crippen LogP contribution in [0.2, 0.25) is 0 Å². The number of hydrogen-bond donors (Lipinski definition) is 2. The highest BCUT2D eigenvalue weighted by Gasteiger charge is 1.92. The number of amides is 1. The zero-order valence-electron chi connectivity index (χ0n) is 7.11.